The molecule has 24 heavy (non-hydrogen) atoms. The summed E-state index contributed by atoms with van der Waals surface area (Å²) in [5.41, 5.74) is 1.62. The number of hydrogen-bond donors (Lipinski definition) is 2. The molecule has 2 atom stereocenters. The molecule has 2 aromatic rings. The van der Waals surface area contributed by atoms with Crippen molar-refractivity contribution in [2.75, 3.05) is 0 Å². The van der Waals surface area contributed by atoms with Crippen LogP contribution in [0.25, 0.3) is 11.3 Å². The molecule has 1 fully saturated rings. The second-order valence-corrected chi connectivity index (χ2v) is 5.96. The number of amides is 1. The van der Waals surface area contributed by atoms with Crippen LogP contribution in [0.3, 0.4) is 0 Å². The number of pyridine rings is 1. The molecular formula is C18H17FN2O3. The number of carbonyl (C=O) groups is 2. The minimum atomic E-state index is -0.812. The Hall–Kier alpha value is -2.76. The maximum atomic E-state index is 13.2. The average molecular weight is 328 g/mol. The maximum absolute atomic E-state index is 13.2. The van der Waals surface area contributed by atoms with E-state index in [9.17, 15) is 14.0 Å². The van der Waals surface area contributed by atoms with Gasteiger partial charge in [-0.25, -0.2) is 4.39 Å². The first kappa shape index (κ1) is 16.1. The van der Waals surface area contributed by atoms with Crippen LogP contribution in [0.1, 0.15) is 29.6 Å². The van der Waals surface area contributed by atoms with Crippen molar-refractivity contribution in [3.05, 3.63) is 54.0 Å². The fourth-order valence-electron chi connectivity index (χ4n) is 2.95. The van der Waals surface area contributed by atoms with Gasteiger partial charge >= 0.3 is 5.97 Å². The van der Waals surface area contributed by atoms with E-state index >= 15 is 0 Å². The molecule has 1 saturated carbocycles. The van der Waals surface area contributed by atoms with E-state index in [-0.39, 0.29) is 23.7 Å². The number of hydrogen-bond acceptors (Lipinski definition) is 3. The molecule has 2 N–H and O–H groups in total. The molecule has 1 aromatic heterocycles. The zero-order chi connectivity index (χ0) is 17.1. The molecule has 124 valence electrons. The van der Waals surface area contributed by atoms with Gasteiger partial charge < -0.3 is 10.4 Å². The predicted octanol–water partition coefficient (Wildman–Crippen LogP) is 2.87. The lowest BCUT2D eigenvalue weighted by molar-refractivity contribution is -0.141. The lowest BCUT2D eigenvalue weighted by atomic mass is 10.1. The molecule has 0 bridgehead atoms. The normalized spacial score (nSPS) is 19.9. The number of carbonyl (C=O) groups excluding carboxylic acids is 1. The van der Waals surface area contributed by atoms with Gasteiger partial charge in [0.1, 0.15) is 5.82 Å². The highest BCUT2D eigenvalue weighted by molar-refractivity contribution is 5.94. The zero-order valence-electron chi connectivity index (χ0n) is 12.9. The molecule has 1 amide bonds. The molecule has 0 spiro atoms. The number of aliphatic carboxylic acids is 1. The van der Waals surface area contributed by atoms with Crippen LogP contribution in [0.5, 0.6) is 0 Å². The summed E-state index contributed by atoms with van der Waals surface area (Å²) in [5, 5.41) is 11.8. The van der Waals surface area contributed by atoms with Crippen molar-refractivity contribution in [1.29, 1.82) is 0 Å². The lowest BCUT2D eigenvalue weighted by Crippen LogP contribution is -2.33. The number of carboxylic acid groups (broad SMARTS) is 1. The monoisotopic (exact) mass is 328 g/mol. The van der Waals surface area contributed by atoms with Crippen molar-refractivity contribution in [1.82, 2.24) is 10.3 Å². The number of nitrogens with zero attached hydrogens (tertiary/aromatic N) is 1. The SMILES string of the molecule is O=C(N[C@@H]1CC[C@H](C(=O)O)C1)c1ccc(-c2cccc(F)c2)nc1. The second kappa shape index (κ2) is 6.78. The molecule has 1 aliphatic rings. The Kier molecular flexibility index (Phi) is 4.55. The first-order chi connectivity index (χ1) is 11.5. The van der Waals surface area contributed by atoms with Gasteiger partial charge in [0.05, 0.1) is 17.2 Å². The number of nitrogens with one attached hydrogen (secondary N) is 1. The van der Waals surface area contributed by atoms with E-state index in [2.05, 4.69) is 10.3 Å². The second-order valence-electron chi connectivity index (χ2n) is 5.96. The minimum Gasteiger partial charge on any atom is -0.481 e. The molecule has 6 heteroatoms. The van der Waals surface area contributed by atoms with E-state index in [1.165, 1.54) is 18.3 Å². The van der Waals surface area contributed by atoms with Crippen LogP contribution in [0.2, 0.25) is 0 Å². The number of aromatic nitrogens is 1. The Bertz CT molecular complexity index is 761. The Morgan fingerprint density at radius 3 is 2.67 bits per heavy atom. The maximum Gasteiger partial charge on any atom is 0.306 e. The Morgan fingerprint density at radius 2 is 2.04 bits per heavy atom. The molecule has 0 aliphatic heterocycles. The van der Waals surface area contributed by atoms with E-state index < -0.39 is 5.97 Å². The van der Waals surface area contributed by atoms with Gasteiger partial charge in [0.15, 0.2) is 0 Å². The van der Waals surface area contributed by atoms with Crippen LogP contribution in [0, 0.1) is 11.7 Å². The third-order valence-corrected chi connectivity index (χ3v) is 4.26. The fourth-order valence-corrected chi connectivity index (χ4v) is 2.95. The van der Waals surface area contributed by atoms with Gasteiger partial charge in [0, 0.05) is 17.8 Å². The molecule has 1 aliphatic carbocycles. The highest BCUT2D eigenvalue weighted by atomic mass is 19.1. The molecule has 0 radical (unpaired) electrons. The molecule has 1 heterocycles. The zero-order valence-corrected chi connectivity index (χ0v) is 12.9. The first-order valence-electron chi connectivity index (χ1n) is 7.78. The quantitative estimate of drug-likeness (QED) is 0.904. The topological polar surface area (TPSA) is 79.3 Å². The highest BCUT2D eigenvalue weighted by Gasteiger charge is 2.30. The lowest BCUT2D eigenvalue weighted by Gasteiger charge is -2.12. The van der Waals surface area contributed by atoms with Crippen LogP contribution < -0.4 is 5.32 Å². The van der Waals surface area contributed by atoms with Crippen molar-refractivity contribution >= 4 is 11.9 Å². The summed E-state index contributed by atoms with van der Waals surface area (Å²) in [4.78, 5) is 27.4. The average Bonchev–Trinajstić information content (AvgIpc) is 3.04. The number of halogens is 1. The summed E-state index contributed by atoms with van der Waals surface area (Å²) in [6, 6.07) is 9.26. The van der Waals surface area contributed by atoms with Gasteiger partial charge in [-0.3, -0.25) is 14.6 Å². The van der Waals surface area contributed by atoms with Gasteiger partial charge in [-0.2, -0.15) is 0 Å². The van der Waals surface area contributed by atoms with Crippen molar-refractivity contribution in [3.8, 4) is 11.3 Å². The molecule has 0 unspecified atom stereocenters. The summed E-state index contributed by atoms with van der Waals surface area (Å²) in [6.07, 6.45) is 3.14. The van der Waals surface area contributed by atoms with Gasteiger partial charge in [0.25, 0.3) is 5.91 Å². The molecule has 5 nitrogen and oxygen atoms in total. The van der Waals surface area contributed by atoms with Crippen molar-refractivity contribution in [3.63, 3.8) is 0 Å². The van der Waals surface area contributed by atoms with E-state index in [1.54, 1.807) is 24.3 Å². The van der Waals surface area contributed by atoms with Gasteiger partial charge in [-0.15, -0.1) is 0 Å². The summed E-state index contributed by atoms with van der Waals surface area (Å²) in [5.74, 6) is -1.81. The van der Waals surface area contributed by atoms with Crippen molar-refractivity contribution in [2.24, 2.45) is 5.92 Å². The van der Waals surface area contributed by atoms with Gasteiger partial charge in [-0.1, -0.05) is 12.1 Å². The van der Waals surface area contributed by atoms with Crippen LogP contribution in [0.4, 0.5) is 4.39 Å². The van der Waals surface area contributed by atoms with E-state index in [4.69, 9.17) is 5.11 Å². The number of carboxylic acids is 1. The predicted molar refractivity (Wildman–Crippen MR) is 85.9 cm³/mol. The van der Waals surface area contributed by atoms with Gasteiger partial charge in [-0.05, 0) is 43.5 Å². The standard InChI is InChI=1S/C18H17FN2O3/c19-14-3-1-2-11(8-14)16-7-5-13(10-20-16)17(22)21-15-6-4-12(9-15)18(23)24/h1-3,5,7-8,10,12,15H,4,6,9H2,(H,21,22)(H,23,24)/t12-,15+/m0/s1. The van der Waals surface area contributed by atoms with E-state index in [1.807, 2.05) is 0 Å². The van der Waals surface area contributed by atoms with E-state index in [0.717, 1.165) is 0 Å². The van der Waals surface area contributed by atoms with Crippen LogP contribution in [-0.2, 0) is 4.79 Å². The highest BCUT2D eigenvalue weighted by Crippen LogP contribution is 2.26. The van der Waals surface area contributed by atoms with Crippen molar-refractivity contribution < 1.29 is 19.1 Å². The molecular weight excluding hydrogens is 311 g/mol. The number of rotatable bonds is 4. The summed E-state index contributed by atoms with van der Waals surface area (Å²) >= 11 is 0. The number of benzene rings is 1. The Morgan fingerprint density at radius 1 is 1.21 bits per heavy atom. The van der Waals surface area contributed by atoms with E-state index in [0.29, 0.717) is 36.1 Å². The molecule has 3 rings (SSSR count). The van der Waals surface area contributed by atoms with Crippen LogP contribution >= 0.6 is 0 Å². The summed E-state index contributed by atoms with van der Waals surface area (Å²) in [6.45, 7) is 0. The smallest absolute Gasteiger partial charge is 0.306 e. The Labute approximate surface area is 138 Å². The fraction of sp³-hybridized carbons (Fsp3) is 0.278. The third kappa shape index (κ3) is 3.59. The molecule has 1 aromatic carbocycles. The Balaban J connectivity index is 1.65. The summed E-state index contributed by atoms with van der Waals surface area (Å²) < 4.78 is 13.2. The van der Waals surface area contributed by atoms with Crippen LogP contribution in [0.15, 0.2) is 42.6 Å². The minimum absolute atomic E-state index is 0.124. The summed E-state index contributed by atoms with van der Waals surface area (Å²) in [7, 11) is 0. The largest absolute Gasteiger partial charge is 0.481 e. The van der Waals surface area contributed by atoms with Gasteiger partial charge in [0.2, 0.25) is 0 Å². The van der Waals surface area contributed by atoms with Crippen LogP contribution in [-0.4, -0.2) is 28.0 Å². The molecule has 0 saturated heterocycles. The first-order valence-corrected chi connectivity index (χ1v) is 7.78. The van der Waals surface area contributed by atoms with Crippen molar-refractivity contribution in [2.45, 2.75) is 25.3 Å². The third-order valence-electron chi connectivity index (χ3n) is 4.26.